The zero-order chi connectivity index (χ0) is 17.4. The second kappa shape index (κ2) is 8.79. The maximum Gasteiger partial charge on any atom is 0.251 e. The normalized spacial score (nSPS) is 10.2. The van der Waals surface area contributed by atoms with Crippen molar-refractivity contribution in [1.82, 2.24) is 10.3 Å². The van der Waals surface area contributed by atoms with Crippen LogP contribution in [0.2, 0.25) is 0 Å². The van der Waals surface area contributed by atoms with Crippen molar-refractivity contribution < 1.29 is 14.3 Å². The summed E-state index contributed by atoms with van der Waals surface area (Å²) in [7, 11) is 1.61. The van der Waals surface area contributed by atoms with E-state index in [2.05, 4.69) is 15.6 Å². The number of anilines is 1. The molecule has 1 aromatic carbocycles. The summed E-state index contributed by atoms with van der Waals surface area (Å²) in [4.78, 5) is 28.0. The Balaban J connectivity index is 1.78. The quantitative estimate of drug-likeness (QED) is 0.818. The topological polar surface area (TPSA) is 80.3 Å². The number of amides is 2. The van der Waals surface area contributed by atoms with Crippen LogP contribution in [0.5, 0.6) is 0 Å². The van der Waals surface area contributed by atoms with Crippen molar-refractivity contribution in [2.45, 2.75) is 20.0 Å². The Hall–Kier alpha value is -2.73. The summed E-state index contributed by atoms with van der Waals surface area (Å²) < 4.78 is 5.05. The Bertz CT molecular complexity index is 699. The summed E-state index contributed by atoms with van der Waals surface area (Å²) in [5, 5.41) is 5.42. The van der Waals surface area contributed by atoms with E-state index in [9.17, 15) is 9.59 Å². The highest BCUT2D eigenvalue weighted by Crippen LogP contribution is 2.07. The van der Waals surface area contributed by atoms with Gasteiger partial charge in [0.25, 0.3) is 5.91 Å². The zero-order valence-electron chi connectivity index (χ0n) is 13.8. The van der Waals surface area contributed by atoms with Crippen LogP contribution >= 0.6 is 0 Å². The fourth-order valence-electron chi connectivity index (χ4n) is 2.11. The minimum Gasteiger partial charge on any atom is -0.380 e. The summed E-state index contributed by atoms with van der Waals surface area (Å²) >= 11 is 0. The van der Waals surface area contributed by atoms with Gasteiger partial charge < -0.3 is 15.4 Å². The molecule has 2 rings (SSSR count). The van der Waals surface area contributed by atoms with Gasteiger partial charge in [0.2, 0.25) is 5.91 Å². The first-order valence-electron chi connectivity index (χ1n) is 7.67. The third-order valence-corrected chi connectivity index (χ3v) is 3.32. The van der Waals surface area contributed by atoms with E-state index in [1.165, 1.54) is 0 Å². The summed E-state index contributed by atoms with van der Waals surface area (Å²) in [5.74, 6) is 0.0956. The first-order chi connectivity index (χ1) is 11.6. The van der Waals surface area contributed by atoms with Crippen LogP contribution in [0.4, 0.5) is 5.82 Å². The van der Waals surface area contributed by atoms with Crippen LogP contribution in [-0.2, 0) is 16.1 Å². The third kappa shape index (κ3) is 5.48. The molecule has 0 bridgehead atoms. The van der Waals surface area contributed by atoms with Crippen molar-refractivity contribution in [1.29, 1.82) is 0 Å². The summed E-state index contributed by atoms with van der Waals surface area (Å²) in [6.45, 7) is 2.63. The van der Waals surface area contributed by atoms with Gasteiger partial charge in [-0.25, -0.2) is 4.98 Å². The summed E-state index contributed by atoms with van der Waals surface area (Å²) in [6.07, 6.45) is 1.86. The van der Waals surface area contributed by atoms with Gasteiger partial charge in [-0.15, -0.1) is 0 Å². The van der Waals surface area contributed by atoms with E-state index in [1.54, 1.807) is 37.6 Å². The third-order valence-electron chi connectivity index (χ3n) is 3.32. The molecule has 0 fully saturated rings. The molecule has 1 aromatic heterocycles. The molecule has 2 amide bonds. The van der Waals surface area contributed by atoms with Gasteiger partial charge in [-0.3, -0.25) is 9.59 Å². The lowest BCUT2D eigenvalue weighted by atomic mass is 10.1. The van der Waals surface area contributed by atoms with E-state index in [0.29, 0.717) is 18.0 Å². The van der Waals surface area contributed by atoms with Crippen molar-refractivity contribution in [3.05, 3.63) is 59.3 Å². The van der Waals surface area contributed by atoms with Crippen LogP contribution in [0.3, 0.4) is 0 Å². The molecule has 24 heavy (non-hydrogen) atoms. The lowest BCUT2D eigenvalue weighted by molar-refractivity contribution is -0.116. The number of ether oxygens (including phenoxy) is 1. The standard InChI is InChI=1S/C18H21N3O3/c1-13-6-7-16(20-11-13)21-17(22)8-9-19-18(23)15-5-3-4-14(10-15)12-24-2/h3-7,10-11H,8-9,12H2,1-2H3,(H,19,23)(H,20,21,22). The number of carbonyl (C=O) groups excluding carboxylic acids is 2. The molecule has 126 valence electrons. The number of pyridine rings is 1. The SMILES string of the molecule is COCc1cccc(C(=O)NCCC(=O)Nc2ccc(C)cn2)c1. The lowest BCUT2D eigenvalue weighted by Crippen LogP contribution is -2.27. The van der Waals surface area contributed by atoms with Gasteiger partial charge in [0, 0.05) is 31.8 Å². The first-order valence-corrected chi connectivity index (χ1v) is 7.67. The number of hydrogen-bond donors (Lipinski definition) is 2. The molecule has 0 spiro atoms. The van der Waals surface area contributed by atoms with Gasteiger partial charge in [-0.2, -0.15) is 0 Å². The highest BCUT2D eigenvalue weighted by molar-refractivity contribution is 5.95. The van der Waals surface area contributed by atoms with E-state index in [-0.39, 0.29) is 24.8 Å². The molecule has 0 radical (unpaired) electrons. The Morgan fingerprint density at radius 3 is 2.75 bits per heavy atom. The second-order valence-electron chi connectivity index (χ2n) is 5.41. The van der Waals surface area contributed by atoms with Gasteiger partial charge in [0.1, 0.15) is 5.82 Å². The number of methoxy groups -OCH3 is 1. The van der Waals surface area contributed by atoms with E-state index in [4.69, 9.17) is 4.74 Å². The van der Waals surface area contributed by atoms with E-state index < -0.39 is 0 Å². The van der Waals surface area contributed by atoms with Crippen LogP contribution in [0.1, 0.15) is 27.9 Å². The van der Waals surface area contributed by atoms with Gasteiger partial charge >= 0.3 is 0 Å². The maximum absolute atomic E-state index is 12.1. The predicted molar refractivity (Wildman–Crippen MR) is 91.7 cm³/mol. The number of rotatable bonds is 7. The number of hydrogen-bond acceptors (Lipinski definition) is 4. The Morgan fingerprint density at radius 2 is 2.04 bits per heavy atom. The second-order valence-corrected chi connectivity index (χ2v) is 5.41. The minimum atomic E-state index is -0.214. The molecule has 1 heterocycles. The van der Waals surface area contributed by atoms with E-state index >= 15 is 0 Å². The summed E-state index contributed by atoms with van der Waals surface area (Å²) in [6, 6.07) is 10.8. The van der Waals surface area contributed by atoms with Gasteiger partial charge in [0.15, 0.2) is 0 Å². The molecule has 6 nitrogen and oxygen atoms in total. The summed E-state index contributed by atoms with van der Waals surface area (Å²) in [5.41, 5.74) is 2.49. The molecule has 0 aliphatic heterocycles. The number of nitrogens with zero attached hydrogens (tertiary/aromatic N) is 1. The fourth-order valence-corrected chi connectivity index (χ4v) is 2.11. The molecule has 0 saturated carbocycles. The molecule has 2 aromatic rings. The minimum absolute atomic E-state index is 0.180. The Kier molecular flexibility index (Phi) is 6.45. The van der Waals surface area contributed by atoms with Crippen LogP contribution in [-0.4, -0.2) is 30.5 Å². The molecule has 0 saturated heterocycles. The maximum atomic E-state index is 12.1. The number of aryl methyl sites for hydroxylation is 1. The highest BCUT2D eigenvalue weighted by atomic mass is 16.5. The first kappa shape index (κ1) is 17.6. The van der Waals surface area contributed by atoms with Gasteiger partial charge in [0.05, 0.1) is 6.61 Å². The highest BCUT2D eigenvalue weighted by Gasteiger charge is 2.08. The van der Waals surface area contributed by atoms with E-state index in [1.807, 2.05) is 19.1 Å². The molecule has 0 aliphatic carbocycles. The number of benzene rings is 1. The predicted octanol–water partition coefficient (Wildman–Crippen LogP) is 2.30. The lowest BCUT2D eigenvalue weighted by Gasteiger charge is -2.07. The van der Waals surface area contributed by atoms with Crippen molar-refractivity contribution in [3.63, 3.8) is 0 Å². The van der Waals surface area contributed by atoms with Crippen molar-refractivity contribution in [3.8, 4) is 0 Å². The van der Waals surface area contributed by atoms with Gasteiger partial charge in [-0.1, -0.05) is 18.2 Å². The Morgan fingerprint density at radius 1 is 1.21 bits per heavy atom. The molecule has 0 aliphatic rings. The molecule has 2 N–H and O–H groups in total. The largest absolute Gasteiger partial charge is 0.380 e. The molecule has 0 unspecified atom stereocenters. The molecular weight excluding hydrogens is 306 g/mol. The van der Waals surface area contributed by atoms with Crippen LogP contribution in [0, 0.1) is 6.92 Å². The fraction of sp³-hybridized carbons (Fsp3) is 0.278. The number of aromatic nitrogens is 1. The van der Waals surface area contributed by atoms with Crippen molar-refractivity contribution in [2.75, 3.05) is 19.0 Å². The monoisotopic (exact) mass is 327 g/mol. The molecular formula is C18H21N3O3. The molecule has 6 heteroatoms. The molecule has 0 atom stereocenters. The van der Waals surface area contributed by atoms with Gasteiger partial charge in [-0.05, 0) is 36.2 Å². The zero-order valence-corrected chi connectivity index (χ0v) is 13.8. The number of nitrogens with one attached hydrogen (secondary N) is 2. The van der Waals surface area contributed by atoms with Crippen LogP contribution < -0.4 is 10.6 Å². The van der Waals surface area contributed by atoms with E-state index in [0.717, 1.165) is 11.1 Å². The van der Waals surface area contributed by atoms with Crippen molar-refractivity contribution in [2.24, 2.45) is 0 Å². The average Bonchev–Trinajstić information content (AvgIpc) is 2.57. The Labute approximate surface area is 141 Å². The average molecular weight is 327 g/mol. The van der Waals surface area contributed by atoms with Crippen LogP contribution in [0.25, 0.3) is 0 Å². The smallest absolute Gasteiger partial charge is 0.251 e. The number of carbonyl (C=O) groups is 2. The van der Waals surface area contributed by atoms with Crippen LogP contribution in [0.15, 0.2) is 42.6 Å². The van der Waals surface area contributed by atoms with Crippen molar-refractivity contribution >= 4 is 17.6 Å².